The van der Waals surface area contributed by atoms with Gasteiger partial charge < -0.3 is 4.90 Å². The van der Waals surface area contributed by atoms with Crippen LogP contribution in [0.3, 0.4) is 0 Å². The molecule has 1 aromatic carbocycles. The second-order valence-electron chi connectivity index (χ2n) is 4.22. The van der Waals surface area contributed by atoms with Gasteiger partial charge in [0.25, 0.3) is 0 Å². The van der Waals surface area contributed by atoms with E-state index in [1.165, 1.54) is 6.07 Å². The molecular weight excluding hydrogens is 267 g/mol. The number of nitrogens with zero attached hydrogens (tertiary/aromatic N) is 1. The third-order valence-corrected chi connectivity index (χ3v) is 3.11. The first-order chi connectivity index (χ1) is 8.36. The van der Waals surface area contributed by atoms with Crippen molar-refractivity contribution in [2.24, 2.45) is 0 Å². The largest absolute Gasteiger partial charge is 0.416 e. The van der Waals surface area contributed by atoms with Crippen LogP contribution in [-0.4, -0.2) is 18.9 Å². The van der Waals surface area contributed by atoms with E-state index >= 15 is 0 Å². The normalized spacial score (nSPS) is 17.1. The molecule has 1 aliphatic rings. The van der Waals surface area contributed by atoms with Gasteiger partial charge in [-0.15, -0.1) is 0 Å². The summed E-state index contributed by atoms with van der Waals surface area (Å²) in [6, 6.07) is 3.47. The highest BCUT2D eigenvalue weighted by molar-refractivity contribution is 6.31. The van der Waals surface area contributed by atoms with Gasteiger partial charge >= 0.3 is 6.18 Å². The van der Waals surface area contributed by atoms with Crippen LogP contribution in [0.25, 0.3) is 0 Å². The van der Waals surface area contributed by atoms with E-state index in [0.717, 1.165) is 12.1 Å². The van der Waals surface area contributed by atoms with E-state index < -0.39 is 11.7 Å². The van der Waals surface area contributed by atoms with Crippen molar-refractivity contribution in [1.29, 1.82) is 0 Å². The number of carbonyl (C=O) groups excluding carboxylic acids is 1. The second-order valence-corrected chi connectivity index (χ2v) is 4.66. The summed E-state index contributed by atoms with van der Waals surface area (Å²) in [4.78, 5) is 12.9. The van der Waals surface area contributed by atoms with Crippen molar-refractivity contribution >= 4 is 23.1 Å². The smallest absolute Gasteiger partial charge is 0.371 e. The summed E-state index contributed by atoms with van der Waals surface area (Å²) in [6.07, 6.45) is -3.67. The topological polar surface area (TPSA) is 20.3 Å². The minimum Gasteiger partial charge on any atom is -0.371 e. The van der Waals surface area contributed by atoms with Crippen molar-refractivity contribution in [3.63, 3.8) is 0 Å². The number of hydrogen-bond donors (Lipinski definition) is 0. The molecule has 0 radical (unpaired) electrons. The molecule has 0 aliphatic carbocycles. The maximum absolute atomic E-state index is 12.6. The van der Waals surface area contributed by atoms with E-state index in [1.54, 1.807) is 4.90 Å². The zero-order valence-electron chi connectivity index (χ0n) is 9.43. The molecule has 0 spiro atoms. The highest BCUT2D eigenvalue weighted by Crippen LogP contribution is 2.34. The monoisotopic (exact) mass is 277 g/mol. The molecule has 0 unspecified atom stereocenters. The fraction of sp³-hybridized carbons (Fsp3) is 0.417. The number of hydrogen-bond acceptors (Lipinski definition) is 2. The summed E-state index contributed by atoms with van der Waals surface area (Å²) in [7, 11) is 0. The average Bonchev–Trinajstić information content (AvgIpc) is 2.28. The Bertz CT molecular complexity index is 463. The fourth-order valence-corrected chi connectivity index (χ4v) is 2.16. The van der Waals surface area contributed by atoms with E-state index in [2.05, 4.69) is 0 Å². The van der Waals surface area contributed by atoms with Gasteiger partial charge in [-0.2, -0.15) is 13.2 Å². The maximum atomic E-state index is 12.6. The lowest BCUT2D eigenvalue weighted by Gasteiger charge is -2.28. The first-order valence-corrected chi connectivity index (χ1v) is 5.88. The van der Waals surface area contributed by atoms with Crippen LogP contribution in [0, 0.1) is 0 Å². The molecule has 0 aromatic heterocycles. The highest BCUT2D eigenvalue weighted by Gasteiger charge is 2.31. The molecule has 0 amide bonds. The van der Waals surface area contributed by atoms with Crippen LogP contribution in [0.2, 0.25) is 5.02 Å². The van der Waals surface area contributed by atoms with Crippen molar-refractivity contribution in [3.05, 3.63) is 28.8 Å². The predicted octanol–water partition coefficient (Wildman–Crippen LogP) is 3.53. The minimum absolute atomic E-state index is 0.0525. The first kappa shape index (κ1) is 13.2. The highest BCUT2D eigenvalue weighted by atomic mass is 35.5. The maximum Gasteiger partial charge on any atom is 0.416 e. The number of ketones is 1. The summed E-state index contributed by atoms with van der Waals surface area (Å²) in [5.74, 6) is 0.143. The van der Waals surface area contributed by atoms with Gasteiger partial charge in [-0.25, -0.2) is 0 Å². The minimum atomic E-state index is -4.41. The zero-order valence-corrected chi connectivity index (χ0v) is 10.2. The van der Waals surface area contributed by atoms with Crippen LogP contribution in [0.5, 0.6) is 0 Å². The Morgan fingerprint density at radius 2 is 1.72 bits per heavy atom. The van der Waals surface area contributed by atoms with E-state index in [-0.39, 0.29) is 10.8 Å². The molecule has 0 bridgehead atoms. The Kier molecular flexibility index (Phi) is 3.52. The first-order valence-electron chi connectivity index (χ1n) is 5.51. The molecule has 6 heteroatoms. The number of Topliss-reactive ketones (excluding diaryl/α,β-unsaturated/α-hetero) is 1. The van der Waals surface area contributed by atoms with Gasteiger partial charge in [0, 0.05) is 36.6 Å². The van der Waals surface area contributed by atoms with Crippen LogP contribution in [0.1, 0.15) is 18.4 Å². The lowest BCUT2D eigenvalue weighted by molar-refractivity contribution is -0.137. The molecule has 1 saturated heterocycles. The zero-order chi connectivity index (χ0) is 13.3. The molecule has 2 rings (SSSR count). The van der Waals surface area contributed by atoms with Crippen LogP contribution in [-0.2, 0) is 11.0 Å². The Hall–Kier alpha value is -1.23. The number of benzene rings is 1. The third kappa shape index (κ3) is 2.96. The van der Waals surface area contributed by atoms with Crippen LogP contribution in [0.15, 0.2) is 18.2 Å². The number of halogens is 4. The van der Waals surface area contributed by atoms with E-state index in [1.807, 2.05) is 0 Å². The van der Waals surface area contributed by atoms with Gasteiger partial charge in [-0.3, -0.25) is 4.79 Å². The summed E-state index contributed by atoms with van der Waals surface area (Å²) in [5.41, 5.74) is -0.343. The number of carbonyl (C=O) groups is 1. The second kappa shape index (κ2) is 4.80. The molecule has 1 aromatic rings. The molecule has 0 N–H and O–H groups in total. The van der Waals surface area contributed by atoms with Gasteiger partial charge in [0.15, 0.2) is 0 Å². The number of anilines is 1. The van der Waals surface area contributed by atoms with Crippen molar-refractivity contribution in [2.45, 2.75) is 19.0 Å². The Balaban J connectivity index is 2.28. The Morgan fingerprint density at radius 1 is 1.11 bits per heavy atom. The Morgan fingerprint density at radius 3 is 2.28 bits per heavy atom. The molecule has 0 saturated carbocycles. The standard InChI is InChI=1S/C12H11ClF3NO/c13-9-5-8(12(14,15)16)6-10(7-9)17-3-1-11(18)2-4-17/h5-7H,1-4H2. The summed E-state index contributed by atoms with van der Waals surface area (Å²) >= 11 is 5.71. The van der Waals surface area contributed by atoms with Gasteiger partial charge in [0.05, 0.1) is 5.56 Å². The average molecular weight is 278 g/mol. The van der Waals surface area contributed by atoms with E-state index in [9.17, 15) is 18.0 Å². The SMILES string of the molecule is O=C1CCN(c2cc(Cl)cc(C(F)(F)F)c2)CC1. The summed E-state index contributed by atoms with van der Waals surface area (Å²) < 4.78 is 37.9. The van der Waals surface area contributed by atoms with Gasteiger partial charge in [0.2, 0.25) is 0 Å². The summed E-state index contributed by atoms with van der Waals surface area (Å²) in [5, 5.41) is 0.0525. The molecule has 18 heavy (non-hydrogen) atoms. The van der Waals surface area contributed by atoms with Crippen LogP contribution in [0.4, 0.5) is 18.9 Å². The number of rotatable bonds is 1. The Labute approximate surface area is 107 Å². The quantitative estimate of drug-likeness (QED) is 0.783. The molecule has 98 valence electrons. The van der Waals surface area contributed by atoms with E-state index in [4.69, 9.17) is 11.6 Å². The molecule has 1 aliphatic heterocycles. The van der Waals surface area contributed by atoms with Crippen LogP contribution >= 0.6 is 11.6 Å². The van der Waals surface area contributed by atoms with Gasteiger partial charge in [-0.05, 0) is 18.2 Å². The fourth-order valence-electron chi connectivity index (χ4n) is 1.93. The molecule has 0 atom stereocenters. The van der Waals surface area contributed by atoms with Crippen molar-refractivity contribution in [2.75, 3.05) is 18.0 Å². The summed E-state index contributed by atoms with van der Waals surface area (Å²) in [6.45, 7) is 0.882. The van der Waals surface area contributed by atoms with Gasteiger partial charge in [-0.1, -0.05) is 11.6 Å². The number of piperidine rings is 1. The van der Waals surface area contributed by atoms with E-state index in [0.29, 0.717) is 31.6 Å². The van der Waals surface area contributed by atoms with Crippen molar-refractivity contribution < 1.29 is 18.0 Å². The molecular formula is C12H11ClF3NO. The van der Waals surface area contributed by atoms with Crippen molar-refractivity contribution in [1.82, 2.24) is 0 Å². The van der Waals surface area contributed by atoms with Gasteiger partial charge in [0.1, 0.15) is 5.78 Å². The molecule has 1 heterocycles. The molecule has 1 fully saturated rings. The van der Waals surface area contributed by atoms with Crippen LogP contribution < -0.4 is 4.90 Å². The third-order valence-electron chi connectivity index (χ3n) is 2.90. The lowest BCUT2D eigenvalue weighted by atomic mass is 10.1. The lowest BCUT2D eigenvalue weighted by Crippen LogP contribution is -2.33. The predicted molar refractivity (Wildman–Crippen MR) is 62.9 cm³/mol. The molecule has 2 nitrogen and oxygen atoms in total. The number of alkyl halides is 3. The van der Waals surface area contributed by atoms with Crippen molar-refractivity contribution in [3.8, 4) is 0 Å².